The van der Waals surface area contributed by atoms with Gasteiger partial charge in [0.2, 0.25) is 0 Å². The van der Waals surface area contributed by atoms with Crippen LogP contribution in [0.1, 0.15) is 46.6 Å². The molecule has 1 aliphatic rings. The molecule has 1 aromatic rings. The Kier molecular flexibility index (Phi) is 7.51. The van der Waals surface area contributed by atoms with Gasteiger partial charge in [-0.15, -0.1) is 0 Å². The third kappa shape index (κ3) is 6.90. The van der Waals surface area contributed by atoms with Gasteiger partial charge < -0.3 is 14.4 Å². The van der Waals surface area contributed by atoms with Crippen LogP contribution in [0.3, 0.4) is 0 Å². The average Bonchev–Trinajstić information content (AvgIpc) is 2.62. The standard InChI is InChI=1S/C22H38N2O2/c1-7-21(3,4)26-18-22(5,6)25-17-16-23-12-14-24(15-13-23)20-10-8-19(2)9-11-20/h8-11H,7,12-18H2,1-6H3. The highest BCUT2D eigenvalue weighted by Gasteiger charge is 2.25. The van der Waals surface area contributed by atoms with Crippen LogP contribution >= 0.6 is 0 Å². The molecule has 148 valence electrons. The van der Waals surface area contributed by atoms with Crippen LogP contribution in [0.4, 0.5) is 5.69 Å². The molecular formula is C22H38N2O2. The van der Waals surface area contributed by atoms with Gasteiger partial charge in [-0.2, -0.15) is 0 Å². The van der Waals surface area contributed by atoms with Crippen LogP contribution < -0.4 is 4.90 Å². The normalized spacial score (nSPS) is 16.9. The van der Waals surface area contributed by atoms with Crippen molar-refractivity contribution in [1.29, 1.82) is 0 Å². The van der Waals surface area contributed by atoms with E-state index in [0.717, 1.165) is 45.8 Å². The van der Waals surface area contributed by atoms with Gasteiger partial charge in [0.1, 0.15) is 0 Å². The summed E-state index contributed by atoms with van der Waals surface area (Å²) in [6, 6.07) is 8.85. The first-order valence-corrected chi connectivity index (χ1v) is 10.0. The van der Waals surface area contributed by atoms with Crippen molar-refractivity contribution in [3.8, 4) is 0 Å². The van der Waals surface area contributed by atoms with Crippen molar-refractivity contribution in [3.63, 3.8) is 0 Å². The second-order valence-corrected chi connectivity index (χ2v) is 8.67. The van der Waals surface area contributed by atoms with E-state index in [4.69, 9.17) is 9.47 Å². The van der Waals surface area contributed by atoms with Gasteiger partial charge in [0, 0.05) is 38.4 Å². The summed E-state index contributed by atoms with van der Waals surface area (Å²) in [6.07, 6.45) is 1.01. The highest BCUT2D eigenvalue weighted by Crippen LogP contribution is 2.19. The van der Waals surface area contributed by atoms with E-state index in [0.29, 0.717) is 6.61 Å². The minimum atomic E-state index is -0.240. The zero-order valence-corrected chi connectivity index (χ0v) is 17.7. The van der Waals surface area contributed by atoms with Gasteiger partial charge in [-0.3, -0.25) is 4.90 Å². The predicted octanol–water partition coefficient (Wildman–Crippen LogP) is 4.12. The molecule has 0 unspecified atom stereocenters. The van der Waals surface area contributed by atoms with Crippen molar-refractivity contribution >= 4 is 5.69 Å². The lowest BCUT2D eigenvalue weighted by Gasteiger charge is -2.37. The highest BCUT2D eigenvalue weighted by molar-refractivity contribution is 5.47. The molecule has 4 heteroatoms. The fourth-order valence-electron chi connectivity index (χ4n) is 2.95. The van der Waals surface area contributed by atoms with E-state index in [1.807, 2.05) is 0 Å². The van der Waals surface area contributed by atoms with E-state index < -0.39 is 0 Å². The van der Waals surface area contributed by atoms with Crippen LogP contribution in [0.15, 0.2) is 24.3 Å². The van der Waals surface area contributed by atoms with Crippen LogP contribution in [0.2, 0.25) is 0 Å². The Balaban J connectivity index is 1.67. The molecular weight excluding hydrogens is 324 g/mol. The van der Waals surface area contributed by atoms with Crippen molar-refractivity contribution in [2.24, 2.45) is 0 Å². The molecule has 1 fully saturated rings. The number of aryl methyl sites for hydroxylation is 1. The van der Waals surface area contributed by atoms with E-state index in [1.54, 1.807) is 0 Å². The molecule has 4 nitrogen and oxygen atoms in total. The average molecular weight is 363 g/mol. The Labute approximate surface area is 160 Å². The van der Waals surface area contributed by atoms with Crippen LogP contribution in [0.5, 0.6) is 0 Å². The molecule has 1 heterocycles. The molecule has 0 atom stereocenters. The van der Waals surface area contributed by atoms with E-state index in [1.165, 1.54) is 11.3 Å². The Morgan fingerprint density at radius 1 is 0.885 bits per heavy atom. The molecule has 1 aliphatic heterocycles. The fraction of sp³-hybridized carbons (Fsp3) is 0.727. The minimum Gasteiger partial charge on any atom is -0.373 e. The molecule has 2 rings (SSSR count). The van der Waals surface area contributed by atoms with Crippen molar-refractivity contribution in [2.75, 3.05) is 50.8 Å². The molecule has 0 saturated carbocycles. The summed E-state index contributed by atoms with van der Waals surface area (Å²) in [7, 11) is 0. The monoisotopic (exact) mass is 362 g/mol. The second-order valence-electron chi connectivity index (χ2n) is 8.67. The third-order valence-corrected chi connectivity index (χ3v) is 5.33. The summed E-state index contributed by atoms with van der Waals surface area (Å²) in [5.74, 6) is 0. The number of hydrogen-bond donors (Lipinski definition) is 0. The molecule has 0 spiro atoms. The van der Waals surface area contributed by atoms with Crippen LogP contribution in [0, 0.1) is 6.92 Å². The van der Waals surface area contributed by atoms with E-state index in [2.05, 4.69) is 75.6 Å². The van der Waals surface area contributed by atoms with Crippen molar-refractivity contribution in [2.45, 2.75) is 59.2 Å². The van der Waals surface area contributed by atoms with Crippen LogP contribution in [-0.4, -0.2) is 62.0 Å². The van der Waals surface area contributed by atoms with Gasteiger partial charge in [0.15, 0.2) is 0 Å². The number of ether oxygens (including phenoxy) is 2. The predicted molar refractivity (Wildman–Crippen MR) is 110 cm³/mol. The van der Waals surface area contributed by atoms with Crippen molar-refractivity contribution < 1.29 is 9.47 Å². The molecule has 0 radical (unpaired) electrons. The first-order valence-electron chi connectivity index (χ1n) is 10.0. The molecule has 0 amide bonds. The quantitative estimate of drug-likeness (QED) is 0.660. The van der Waals surface area contributed by atoms with Gasteiger partial charge in [0.25, 0.3) is 0 Å². The molecule has 1 saturated heterocycles. The summed E-state index contributed by atoms with van der Waals surface area (Å²) in [5.41, 5.74) is 2.34. The maximum absolute atomic E-state index is 6.12. The number of rotatable bonds is 9. The van der Waals surface area contributed by atoms with Gasteiger partial charge in [-0.1, -0.05) is 24.6 Å². The number of nitrogens with zero attached hydrogens (tertiary/aromatic N) is 2. The van der Waals surface area contributed by atoms with E-state index >= 15 is 0 Å². The smallest absolute Gasteiger partial charge is 0.0859 e. The lowest BCUT2D eigenvalue weighted by Crippen LogP contribution is -2.48. The zero-order chi connectivity index (χ0) is 19.2. The SMILES string of the molecule is CCC(C)(C)OCC(C)(C)OCCN1CCN(c2ccc(C)cc2)CC1. The first kappa shape index (κ1) is 21.2. The second kappa shape index (κ2) is 9.20. The third-order valence-electron chi connectivity index (χ3n) is 5.33. The Hall–Kier alpha value is -1.10. The van der Waals surface area contributed by atoms with Gasteiger partial charge in [-0.25, -0.2) is 0 Å². The summed E-state index contributed by atoms with van der Waals surface area (Å²) in [4.78, 5) is 4.97. The summed E-state index contributed by atoms with van der Waals surface area (Å²) in [6.45, 7) is 19.5. The summed E-state index contributed by atoms with van der Waals surface area (Å²) in [5, 5.41) is 0. The maximum atomic E-state index is 6.12. The first-order chi connectivity index (χ1) is 12.2. The fourth-order valence-corrected chi connectivity index (χ4v) is 2.95. The van der Waals surface area contributed by atoms with Crippen molar-refractivity contribution in [3.05, 3.63) is 29.8 Å². The lowest BCUT2D eigenvalue weighted by atomic mass is 10.1. The Bertz CT molecular complexity index is 532. The minimum absolute atomic E-state index is 0.0765. The molecule has 1 aromatic carbocycles. The summed E-state index contributed by atoms with van der Waals surface area (Å²) < 4.78 is 12.1. The maximum Gasteiger partial charge on any atom is 0.0859 e. The van der Waals surface area contributed by atoms with Gasteiger partial charge in [-0.05, 0) is 53.2 Å². The largest absolute Gasteiger partial charge is 0.373 e. The van der Waals surface area contributed by atoms with Crippen LogP contribution in [0.25, 0.3) is 0 Å². The van der Waals surface area contributed by atoms with Crippen molar-refractivity contribution in [1.82, 2.24) is 4.90 Å². The molecule has 26 heavy (non-hydrogen) atoms. The zero-order valence-electron chi connectivity index (χ0n) is 17.7. The summed E-state index contributed by atoms with van der Waals surface area (Å²) >= 11 is 0. The molecule has 0 aromatic heterocycles. The van der Waals surface area contributed by atoms with Gasteiger partial charge in [0.05, 0.1) is 24.4 Å². The number of piperazine rings is 1. The topological polar surface area (TPSA) is 24.9 Å². The van der Waals surface area contributed by atoms with Gasteiger partial charge >= 0.3 is 0 Å². The van der Waals surface area contributed by atoms with E-state index in [9.17, 15) is 0 Å². The highest BCUT2D eigenvalue weighted by atomic mass is 16.6. The molecule has 0 N–H and O–H groups in total. The van der Waals surface area contributed by atoms with Crippen LogP contribution in [-0.2, 0) is 9.47 Å². The molecule has 0 bridgehead atoms. The van der Waals surface area contributed by atoms with E-state index in [-0.39, 0.29) is 11.2 Å². The molecule has 0 aliphatic carbocycles. The Morgan fingerprint density at radius 3 is 2.08 bits per heavy atom. The Morgan fingerprint density at radius 2 is 1.50 bits per heavy atom. The lowest BCUT2D eigenvalue weighted by molar-refractivity contribution is -0.123. The number of benzene rings is 1. The number of hydrogen-bond acceptors (Lipinski definition) is 4. The number of anilines is 1.